The molecule has 3 aromatic rings. The Hall–Kier alpha value is -2.06. The van der Waals surface area contributed by atoms with Gasteiger partial charge in [0, 0.05) is 11.4 Å². The smallest absolute Gasteiger partial charge is 0.133 e. The van der Waals surface area contributed by atoms with Gasteiger partial charge in [-0.1, -0.05) is 36.4 Å². The maximum atomic E-state index is 5.40. The van der Waals surface area contributed by atoms with E-state index in [-0.39, 0.29) is 0 Å². The Morgan fingerprint density at radius 1 is 1.05 bits per heavy atom. The van der Waals surface area contributed by atoms with Crippen LogP contribution < -0.4 is 5.32 Å². The molecule has 102 valence electrons. The fourth-order valence-corrected chi connectivity index (χ4v) is 2.64. The van der Waals surface area contributed by atoms with Crippen LogP contribution in [0.1, 0.15) is 23.6 Å². The lowest BCUT2D eigenvalue weighted by atomic mass is 9.98. The van der Waals surface area contributed by atoms with Crippen molar-refractivity contribution in [1.29, 1.82) is 0 Å². The first kappa shape index (κ1) is 12.9. The van der Waals surface area contributed by atoms with Gasteiger partial charge >= 0.3 is 0 Å². The van der Waals surface area contributed by atoms with Crippen LogP contribution in [0.5, 0.6) is 0 Å². The van der Waals surface area contributed by atoms with E-state index < -0.39 is 0 Å². The molecule has 1 unspecified atom stereocenters. The van der Waals surface area contributed by atoms with E-state index in [9.17, 15) is 0 Å². The summed E-state index contributed by atoms with van der Waals surface area (Å²) >= 11 is 0. The molecule has 1 heterocycles. The molecule has 2 aromatic carbocycles. The molecule has 0 aliphatic rings. The molecular weight excluding hydrogens is 246 g/mol. The lowest BCUT2D eigenvalue weighted by molar-refractivity contribution is 0.549. The average Bonchev–Trinajstić information content (AvgIpc) is 2.96. The van der Waals surface area contributed by atoms with Crippen LogP contribution in [0.4, 0.5) is 0 Å². The molecule has 20 heavy (non-hydrogen) atoms. The van der Waals surface area contributed by atoms with Gasteiger partial charge in [0.15, 0.2) is 0 Å². The predicted octanol–water partition coefficient (Wildman–Crippen LogP) is 4.33. The Morgan fingerprint density at radius 2 is 1.90 bits per heavy atom. The number of aryl methyl sites for hydroxylation is 1. The third-order valence-electron chi connectivity index (χ3n) is 3.79. The minimum absolute atomic E-state index is 0.370. The minimum atomic E-state index is 0.370. The van der Waals surface area contributed by atoms with E-state index >= 15 is 0 Å². The highest BCUT2D eigenvalue weighted by atomic mass is 16.3. The van der Waals surface area contributed by atoms with Crippen molar-refractivity contribution in [1.82, 2.24) is 5.32 Å². The summed E-state index contributed by atoms with van der Waals surface area (Å²) in [4.78, 5) is 0. The third kappa shape index (κ3) is 2.75. The molecule has 1 N–H and O–H groups in total. The highest BCUT2D eigenvalue weighted by Crippen LogP contribution is 2.24. The molecule has 0 radical (unpaired) electrons. The molecule has 1 atom stereocenters. The monoisotopic (exact) mass is 265 g/mol. The lowest BCUT2D eigenvalue weighted by Gasteiger charge is -2.16. The molecule has 0 amide bonds. The summed E-state index contributed by atoms with van der Waals surface area (Å²) < 4.78 is 5.40. The summed E-state index contributed by atoms with van der Waals surface area (Å²) in [5.74, 6) is 0. The summed E-state index contributed by atoms with van der Waals surface area (Å²) in [6, 6.07) is 19.4. The molecule has 0 aliphatic carbocycles. The number of hydrogen-bond donors (Lipinski definition) is 1. The van der Waals surface area contributed by atoms with Crippen molar-refractivity contribution in [2.75, 3.05) is 7.05 Å². The van der Waals surface area contributed by atoms with Gasteiger partial charge in [0.2, 0.25) is 0 Å². The van der Waals surface area contributed by atoms with Crippen LogP contribution in [0.2, 0.25) is 0 Å². The van der Waals surface area contributed by atoms with E-state index in [1.807, 2.05) is 13.1 Å². The van der Waals surface area contributed by atoms with Gasteiger partial charge in [0.05, 0.1) is 6.26 Å². The van der Waals surface area contributed by atoms with Gasteiger partial charge in [0.1, 0.15) is 5.58 Å². The third-order valence-corrected chi connectivity index (χ3v) is 3.79. The fourth-order valence-electron chi connectivity index (χ4n) is 2.64. The molecule has 0 aliphatic heterocycles. The number of furan rings is 1. The highest BCUT2D eigenvalue weighted by molar-refractivity contribution is 5.77. The van der Waals surface area contributed by atoms with E-state index in [1.165, 1.54) is 16.5 Å². The van der Waals surface area contributed by atoms with E-state index in [1.54, 1.807) is 6.26 Å². The van der Waals surface area contributed by atoms with Crippen LogP contribution in [0.3, 0.4) is 0 Å². The quantitative estimate of drug-likeness (QED) is 0.743. The molecule has 0 saturated carbocycles. The zero-order chi connectivity index (χ0) is 13.8. The maximum absolute atomic E-state index is 5.40. The van der Waals surface area contributed by atoms with Crippen molar-refractivity contribution < 1.29 is 4.42 Å². The number of hydrogen-bond acceptors (Lipinski definition) is 2. The van der Waals surface area contributed by atoms with Gasteiger partial charge in [-0.3, -0.25) is 0 Å². The number of fused-ring (bicyclic) bond motifs is 1. The molecular formula is C18H19NO. The maximum Gasteiger partial charge on any atom is 0.133 e. The Morgan fingerprint density at radius 3 is 2.70 bits per heavy atom. The van der Waals surface area contributed by atoms with Crippen LogP contribution in [-0.4, -0.2) is 7.05 Å². The zero-order valence-electron chi connectivity index (χ0n) is 11.7. The van der Waals surface area contributed by atoms with E-state index in [0.717, 1.165) is 18.4 Å². The first-order valence-electron chi connectivity index (χ1n) is 7.05. The van der Waals surface area contributed by atoms with E-state index in [4.69, 9.17) is 4.42 Å². The van der Waals surface area contributed by atoms with Crippen molar-refractivity contribution in [3.8, 4) is 0 Å². The number of rotatable bonds is 5. The van der Waals surface area contributed by atoms with Gasteiger partial charge in [-0.15, -0.1) is 0 Å². The fraction of sp³-hybridized carbons (Fsp3) is 0.222. The summed E-state index contributed by atoms with van der Waals surface area (Å²) in [6.07, 6.45) is 3.91. The second-order valence-electron chi connectivity index (χ2n) is 5.08. The molecule has 0 saturated heterocycles. The highest BCUT2D eigenvalue weighted by Gasteiger charge is 2.10. The van der Waals surface area contributed by atoms with Crippen molar-refractivity contribution in [2.24, 2.45) is 0 Å². The lowest BCUT2D eigenvalue weighted by Crippen LogP contribution is -2.17. The van der Waals surface area contributed by atoms with Crippen molar-refractivity contribution in [2.45, 2.75) is 18.9 Å². The molecule has 1 aromatic heterocycles. The molecule has 2 heteroatoms. The molecule has 2 nitrogen and oxygen atoms in total. The Balaban J connectivity index is 1.75. The van der Waals surface area contributed by atoms with Gasteiger partial charge in [-0.05, 0) is 49.2 Å². The van der Waals surface area contributed by atoms with Crippen molar-refractivity contribution in [3.63, 3.8) is 0 Å². The van der Waals surface area contributed by atoms with Crippen molar-refractivity contribution >= 4 is 11.0 Å². The summed E-state index contributed by atoms with van der Waals surface area (Å²) in [5, 5.41) is 4.58. The van der Waals surface area contributed by atoms with Gasteiger partial charge in [0.25, 0.3) is 0 Å². The standard InChI is InChI=1S/C18H19NO/c1-19-17(9-7-14-5-3-2-4-6-14)15-8-10-18-16(13-15)11-12-20-18/h2-6,8,10-13,17,19H,7,9H2,1H3. The van der Waals surface area contributed by atoms with Gasteiger partial charge in [-0.25, -0.2) is 0 Å². The second kappa shape index (κ2) is 5.93. The Bertz CT molecular complexity index is 672. The summed E-state index contributed by atoms with van der Waals surface area (Å²) in [5.41, 5.74) is 3.65. The zero-order valence-corrected chi connectivity index (χ0v) is 11.7. The minimum Gasteiger partial charge on any atom is -0.464 e. The number of nitrogens with one attached hydrogen (secondary N) is 1. The Kier molecular flexibility index (Phi) is 3.84. The van der Waals surface area contributed by atoms with Crippen LogP contribution in [0.15, 0.2) is 65.3 Å². The van der Waals surface area contributed by atoms with Crippen LogP contribution in [0, 0.1) is 0 Å². The predicted molar refractivity (Wildman–Crippen MR) is 82.8 cm³/mol. The first-order valence-corrected chi connectivity index (χ1v) is 7.05. The van der Waals surface area contributed by atoms with Crippen LogP contribution in [-0.2, 0) is 6.42 Å². The molecule has 0 spiro atoms. The summed E-state index contributed by atoms with van der Waals surface area (Å²) in [6.45, 7) is 0. The van der Waals surface area contributed by atoms with Crippen molar-refractivity contribution in [3.05, 3.63) is 72.0 Å². The molecule has 0 fully saturated rings. The van der Waals surface area contributed by atoms with E-state index in [0.29, 0.717) is 6.04 Å². The topological polar surface area (TPSA) is 25.2 Å². The SMILES string of the molecule is CNC(CCc1ccccc1)c1ccc2occc2c1. The van der Waals surface area contributed by atoms with Gasteiger partial charge < -0.3 is 9.73 Å². The van der Waals surface area contributed by atoms with Gasteiger partial charge in [-0.2, -0.15) is 0 Å². The summed E-state index contributed by atoms with van der Waals surface area (Å²) in [7, 11) is 2.02. The van der Waals surface area contributed by atoms with Crippen LogP contribution >= 0.6 is 0 Å². The normalized spacial score (nSPS) is 12.7. The Labute approximate surface area is 119 Å². The molecule has 0 bridgehead atoms. The average molecular weight is 265 g/mol. The first-order chi connectivity index (χ1) is 9.86. The number of benzene rings is 2. The second-order valence-corrected chi connectivity index (χ2v) is 5.08. The largest absolute Gasteiger partial charge is 0.464 e. The van der Waals surface area contributed by atoms with Crippen LogP contribution in [0.25, 0.3) is 11.0 Å². The van der Waals surface area contributed by atoms with E-state index in [2.05, 4.69) is 53.8 Å². The molecule has 3 rings (SSSR count).